The van der Waals surface area contributed by atoms with Gasteiger partial charge in [-0.1, -0.05) is 23.9 Å². The largest absolute Gasteiger partial charge is 0.496 e. The maximum atomic E-state index is 12.2. The average Bonchev–Trinajstić information content (AvgIpc) is 3.19. The van der Waals surface area contributed by atoms with Crippen molar-refractivity contribution in [3.8, 4) is 17.0 Å². The van der Waals surface area contributed by atoms with Crippen LogP contribution in [0, 0.1) is 0 Å². The van der Waals surface area contributed by atoms with Crippen molar-refractivity contribution in [2.24, 2.45) is 0 Å². The zero-order valence-corrected chi connectivity index (χ0v) is 18.1. The predicted molar refractivity (Wildman–Crippen MR) is 116 cm³/mol. The third-order valence-electron chi connectivity index (χ3n) is 3.80. The van der Waals surface area contributed by atoms with E-state index in [-0.39, 0.29) is 24.1 Å². The van der Waals surface area contributed by atoms with E-state index >= 15 is 0 Å². The molecular weight excluding hydrogens is 424 g/mol. The number of hydrogen-bond acceptors (Lipinski definition) is 9. The smallest absolute Gasteiger partial charge is 0.311 e. The van der Waals surface area contributed by atoms with E-state index in [0.717, 1.165) is 11.3 Å². The fraction of sp³-hybridized carbons (Fsp3) is 0.250. The lowest BCUT2D eigenvalue weighted by molar-refractivity contribution is -0.142. The highest BCUT2D eigenvalue weighted by atomic mass is 32.2. The topological polar surface area (TPSA) is 103 Å². The van der Waals surface area contributed by atoms with E-state index in [1.165, 1.54) is 23.1 Å². The Kier molecular flexibility index (Phi) is 7.75. The third kappa shape index (κ3) is 6.01. The Morgan fingerprint density at radius 3 is 2.73 bits per heavy atom. The molecule has 3 aromatic rings. The molecule has 0 radical (unpaired) electrons. The molecule has 8 nitrogen and oxygen atoms in total. The van der Waals surface area contributed by atoms with Crippen LogP contribution >= 0.6 is 23.1 Å². The summed E-state index contributed by atoms with van der Waals surface area (Å²) in [6.45, 7) is 2.07. The quantitative estimate of drug-likeness (QED) is 0.395. The monoisotopic (exact) mass is 444 g/mol. The number of carbonyl (C=O) groups is 2. The van der Waals surface area contributed by atoms with Gasteiger partial charge in [-0.3, -0.25) is 9.59 Å². The molecule has 0 fully saturated rings. The highest BCUT2D eigenvalue weighted by molar-refractivity contribution is 7.99. The first-order valence-electron chi connectivity index (χ1n) is 9.08. The minimum absolute atomic E-state index is 0.0864. The molecule has 0 atom stereocenters. The van der Waals surface area contributed by atoms with Gasteiger partial charge in [0.05, 0.1) is 37.3 Å². The van der Waals surface area contributed by atoms with Crippen molar-refractivity contribution in [3.63, 3.8) is 0 Å². The third-order valence-corrected chi connectivity index (χ3v) is 5.53. The van der Waals surface area contributed by atoms with Gasteiger partial charge in [-0.15, -0.1) is 21.5 Å². The number of nitrogens with zero attached hydrogens (tertiary/aromatic N) is 3. The number of thioether (sulfide) groups is 1. The molecule has 0 aliphatic carbocycles. The maximum Gasteiger partial charge on any atom is 0.311 e. The molecule has 1 aromatic carbocycles. The SMILES string of the molecule is CCOC(=O)Cc1csc(NC(=O)CSc2ccc(-c3ccccc3OC)nn2)n1. The van der Waals surface area contributed by atoms with Gasteiger partial charge < -0.3 is 14.8 Å². The average molecular weight is 445 g/mol. The van der Waals surface area contributed by atoms with E-state index in [1.54, 1.807) is 19.4 Å². The van der Waals surface area contributed by atoms with Crippen LogP contribution in [0.1, 0.15) is 12.6 Å². The van der Waals surface area contributed by atoms with Gasteiger partial charge in [0.25, 0.3) is 0 Å². The second kappa shape index (κ2) is 10.7. The fourth-order valence-corrected chi connectivity index (χ4v) is 3.84. The Morgan fingerprint density at radius 2 is 2.00 bits per heavy atom. The lowest BCUT2D eigenvalue weighted by Crippen LogP contribution is -2.14. The van der Waals surface area contributed by atoms with E-state index in [4.69, 9.17) is 9.47 Å². The van der Waals surface area contributed by atoms with Crippen molar-refractivity contribution in [2.75, 3.05) is 24.8 Å². The van der Waals surface area contributed by atoms with Crippen molar-refractivity contribution < 1.29 is 19.1 Å². The molecule has 30 heavy (non-hydrogen) atoms. The summed E-state index contributed by atoms with van der Waals surface area (Å²) in [5, 5.41) is 13.9. The van der Waals surface area contributed by atoms with Gasteiger partial charge in [-0.2, -0.15) is 0 Å². The van der Waals surface area contributed by atoms with Crippen LogP contribution in [0.4, 0.5) is 5.13 Å². The summed E-state index contributed by atoms with van der Waals surface area (Å²) in [5.74, 6) is 0.325. The van der Waals surface area contributed by atoms with Crippen LogP contribution in [-0.4, -0.2) is 46.5 Å². The van der Waals surface area contributed by atoms with E-state index in [9.17, 15) is 9.59 Å². The number of thiazole rings is 1. The van der Waals surface area contributed by atoms with Gasteiger partial charge in [0.1, 0.15) is 10.8 Å². The summed E-state index contributed by atoms with van der Waals surface area (Å²) in [5.41, 5.74) is 2.11. The highest BCUT2D eigenvalue weighted by Crippen LogP contribution is 2.28. The zero-order valence-electron chi connectivity index (χ0n) is 16.5. The molecule has 3 rings (SSSR count). The summed E-state index contributed by atoms with van der Waals surface area (Å²) in [4.78, 5) is 27.9. The van der Waals surface area contributed by atoms with Crippen molar-refractivity contribution in [1.82, 2.24) is 15.2 Å². The van der Waals surface area contributed by atoms with Gasteiger partial charge in [0.15, 0.2) is 5.13 Å². The number of para-hydroxylation sites is 1. The highest BCUT2D eigenvalue weighted by Gasteiger charge is 2.12. The zero-order chi connectivity index (χ0) is 21.3. The summed E-state index contributed by atoms with van der Waals surface area (Å²) < 4.78 is 10.2. The first-order chi connectivity index (χ1) is 14.6. The molecule has 1 N–H and O–H groups in total. The Bertz CT molecular complexity index is 1010. The molecule has 0 aliphatic rings. The standard InChI is InChI=1S/C20H20N4O4S2/c1-3-28-19(26)10-13-11-30-20(21-13)22-17(25)12-29-18-9-8-15(23-24-18)14-6-4-5-7-16(14)27-2/h4-9,11H,3,10,12H2,1-2H3,(H,21,22,25). The number of carbonyl (C=O) groups excluding carboxylic acids is 2. The lowest BCUT2D eigenvalue weighted by atomic mass is 10.1. The molecule has 1 amide bonds. The minimum atomic E-state index is -0.341. The summed E-state index contributed by atoms with van der Waals surface area (Å²) >= 11 is 2.53. The molecule has 0 saturated carbocycles. The van der Waals surface area contributed by atoms with Crippen LogP contribution in [-0.2, 0) is 20.7 Å². The van der Waals surface area contributed by atoms with Gasteiger partial charge in [0.2, 0.25) is 5.91 Å². The van der Waals surface area contributed by atoms with Gasteiger partial charge >= 0.3 is 5.97 Å². The fourth-order valence-electron chi connectivity index (χ4n) is 2.50. The van der Waals surface area contributed by atoms with Crippen molar-refractivity contribution >= 4 is 40.1 Å². The molecule has 0 aliphatic heterocycles. The van der Waals surface area contributed by atoms with Crippen LogP contribution in [0.3, 0.4) is 0 Å². The van der Waals surface area contributed by atoms with Crippen molar-refractivity contribution in [1.29, 1.82) is 0 Å². The molecular formula is C20H20N4O4S2. The van der Waals surface area contributed by atoms with Crippen molar-refractivity contribution in [2.45, 2.75) is 18.4 Å². The van der Waals surface area contributed by atoms with Gasteiger partial charge in [-0.25, -0.2) is 4.98 Å². The van der Waals surface area contributed by atoms with Crippen molar-refractivity contribution in [3.05, 3.63) is 47.5 Å². The van der Waals surface area contributed by atoms with E-state index in [0.29, 0.717) is 28.2 Å². The number of rotatable bonds is 9. The molecule has 2 aromatic heterocycles. The maximum absolute atomic E-state index is 12.2. The van der Waals surface area contributed by atoms with Gasteiger partial charge in [-0.05, 0) is 31.2 Å². The number of nitrogens with one attached hydrogen (secondary N) is 1. The number of aromatic nitrogens is 3. The second-order valence-corrected chi connectivity index (χ2v) is 7.77. The summed E-state index contributed by atoms with van der Waals surface area (Å²) in [6.07, 6.45) is 0.0864. The molecule has 0 bridgehead atoms. The Morgan fingerprint density at radius 1 is 1.17 bits per heavy atom. The number of amides is 1. The number of anilines is 1. The number of esters is 1. The number of hydrogen-bond donors (Lipinski definition) is 1. The molecule has 0 spiro atoms. The normalized spacial score (nSPS) is 10.5. The molecule has 0 unspecified atom stereocenters. The Balaban J connectivity index is 1.51. The van der Waals surface area contributed by atoms with Crippen LogP contribution in [0.5, 0.6) is 5.75 Å². The van der Waals surface area contributed by atoms with Crippen LogP contribution in [0.15, 0.2) is 46.8 Å². The predicted octanol–water partition coefficient (Wildman–Crippen LogP) is 3.45. The Hall–Kier alpha value is -2.98. The second-order valence-electron chi connectivity index (χ2n) is 5.92. The lowest BCUT2D eigenvalue weighted by Gasteiger charge is -2.07. The van der Waals surface area contributed by atoms with Crippen LogP contribution < -0.4 is 10.1 Å². The van der Waals surface area contributed by atoms with E-state index in [1.807, 2.05) is 36.4 Å². The number of ether oxygens (including phenoxy) is 2. The minimum Gasteiger partial charge on any atom is -0.496 e. The number of benzene rings is 1. The van der Waals surface area contributed by atoms with Crippen LogP contribution in [0.2, 0.25) is 0 Å². The first kappa shape index (κ1) is 21.7. The Labute approximate surface area is 182 Å². The summed E-state index contributed by atoms with van der Waals surface area (Å²) in [7, 11) is 1.61. The van der Waals surface area contributed by atoms with E-state index in [2.05, 4.69) is 20.5 Å². The number of methoxy groups -OCH3 is 1. The summed E-state index contributed by atoms with van der Waals surface area (Å²) in [6, 6.07) is 11.2. The van der Waals surface area contributed by atoms with Crippen LogP contribution in [0.25, 0.3) is 11.3 Å². The van der Waals surface area contributed by atoms with Gasteiger partial charge in [0, 0.05) is 10.9 Å². The molecule has 156 valence electrons. The molecule has 2 heterocycles. The first-order valence-corrected chi connectivity index (χ1v) is 11.0. The molecule has 0 saturated heterocycles. The van der Waals surface area contributed by atoms with E-state index < -0.39 is 0 Å². The molecule has 10 heteroatoms.